The van der Waals surface area contributed by atoms with Crippen molar-refractivity contribution in [3.63, 3.8) is 0 Å². The van der Waals surface area contributed by atoms with Gasteiger partial charge >= 0.3 is 12.2 Å². The molecule has 6 nitrogen and oxygen atoms in total. The van der Waals surface area contributed by atoms with Crippen LogP contribution in [0.25, 0.3) is 0 Å². The molecule has 1 aliphatic rings. The molecule has 2 rings (SSSR count). The second kappa shape index (κ2) is 8.59. The van der Waals surface area contributed by atoms with Gasteiger partial charge in [-0.25, -0.2) is 4.79 Å². The fourth-order valence-electron chi connectivity index (χ4n) is 2.60. The van der Waals surface area contributed by atoms with Crippen molar-refractivity contribution in [1.82, 2.24) is 10.6 Å². The highest BCUT2D eigenvalue weighted by Crippen LogP contribution is 2.27. The number of imide groups is 1. The van der Waals surface area contributed by atoms with Gasteiger partial charge in [0.2, 0.25) is 5.91 Å². The van der Waals surface area contributed by atoms with Gasteiger partial charge in [-0.15, -0.1) is 0 Å². The molecule has 0 atom stereocenters. The van der Waals surface area contributed by atoms with Gasteiger partial charge in [-0.3, -0.25) is 10.1 Å². The van der Waals surface area contributed by atoms with E-state index in [1.807, 2.05) is 29.6 Å². The Bertz CT molecular complexity index is 601. The maximum absolute atomic E-state index is 12.0. The standard InChI is InChI=1S/C16H21F3N4O2/c17-16(18,19)11-21-15(25)22-14(24)10-20-12-6-2-3-7-13(12)23-8-4-1-5-9-23/h2-3,6-7,20H,1,4-5,8-11H2,(H2,21,22,24,25). The molecule has 0 aromatic heterocycles. The summed E-state index contributed by atoms with van der Waals surface area (Å²) < 4.78 is 36.0. The van der Waals surface area contributed by atoms with E-state index < -0.39 is 24.7 Å². The molecule has 1 aromatic rings. The lowest BCUT2D eigenvalue weighted by Gasteiger charge is -2.30. The minimum absolute atomic E-state index is 0.218. The number of para-hydroxylation sites is 2. The van der Waals surface area contributed by atoms with Crippen molar-refractivity contribution in [3.05, 3.63) is 24.3 Å². The molecular formula is C16H21F3N4O2. The third-order valence-electron chi connectivity index (χ3n) is 3.74. The Labute approximate surface area is 143 Å². The van der Waals surface area contributed by atoms with Crippen molar-refractivity contribution < 1.29 is 22.8 Å². The van der Waals surface area contributed by atoms with E-state index in [9.17, 15) is 22.8 Å². The van der Waals surface area contributed by atoms with Crippen LogP contribution in [0.4, 0.5) is 29.3 Å². The van der Waals surface area contributed by atoms with Gasteiger partial charge in [0.25, 0.3) is 0 Å². The van der Waals surface area contributed by atoms with Gasteiger partial charge in [0.1, 0.15) is 6.54 Å². The lowest BCUT2D eigenvalue weighted by molar-refractivity contribution is -0.124. The first kappa shape index (κ1) is 18.9. The molecule has 1 saturated heterocycles. The van der Waals surface area contributed by atoms with Crippen LogP contribution in [0, 0.1) is 0 Å². The molecule has 1 aromatic carbocycles. The van der Waals surface area contributed by atoms with E-state index in [4.69, 9.17) is 0 Å². The summed E-state index contributed by atoms with van der Waals surface area (Å²) in [6, 6.07) is 6.32. The topological polar surface area (TPSA) is 73.5 Å². The molecule has 1 fully saturated rings. The molecule has 0 radical (unpaired) electrons. The Kier molecular flexibility index (Phi) is 6.49. The van der Waals surface area contributed by atoms with E-state index in [0.717, 1.165) is 37.3 Å². The van der Waals surface area contributed by atoms with Gasteiger partial charge < -0.3 is 15.5 Å². The van der Waals surface area contributed by atoms with Gasteiger partial charge in [-0.2, -0.15) is 13.2 Å². The molecule has 3 N–H and O–H groups in total. The van der Waals surface area contributed by atoms with E-state index >= 15 is 0 Å². The van der Waals surface area contributed by atoms with Gasteiger partial charge in [0, 0.05) is 13.1 Å². The van der Waals surface area contributed by atoms with Crippen molar-refractivity contribution in [2.24, 2.45) is 0 Å². The first-order valence-corrected chi connectivity index (χ1v) is 8.07. The number of carbonyl (C=O) groups excluding carboxylic acids is 2. The zero-order valence-corrected chi connectivity index (χ0v) is 13.7. The fraction of sp³-hybridized carbons (Fsp3) is 0.500. The van der Waals surface area contributed by atoms with Crippen molar-refractivity contribution in [2.75, 3.05) is 36.4 Å². The summed E-state index contributed by atoms with van der Waals surface area (Å²) in [5.41, 5.74) is 1.71. The molecule has 9 heteroatoms. The van der Waals surface area contributed by atoms with Crippen molar-refractivity contribution in [1.29, 1.82) is 0 Å². The first-order valence-electron chi connectivity index (χ1n) is 8.07. The molecular weight excluding hydrogens is 337 g/mol. The zero-order chi connectivity index (χ0) is 18.3. The van der Waals surface area contributed by atoms with Crippen LogP contribution in [-0.2, 0) is 4.79 Å². The van der Waals surface area contributed by atoms with Crippen LogP contribution in [-0.4, -0.2) is 44.3 Å². The number of amides is 3. The number of halogens is 3. The van der Waals surface area contributed by atoms with Crippen LogP contribution in [0.1, 0.15) is 19.3 Å². The minimum Gasteiger partial charge on any atom is -0.374 e. The predicted molar refractivity (Wildman–Crippen MR) is 88.6 cm³/mol. The third-order valence-corrected chi connectivity index (χ3v) is 3.74. The third kappa shape index (κ3) is 6.52. The number of carbonyl (C=O) groups is 2. The summed E-state index contributed by atoms with van der Waals surface area (Å²) >= 11 is 0. The molecule has 0 unspecified atom stereocenters. The van der Waals surface area contributed by atoms with Crippen molar-refractivity contribution >= 4 is 23.3 Å². The summed E-state index contributed by atoms with van der Waals surface area (Å²) in [5, 5.41) is 6.37. The number of hydrogen-bond donors (Lipinski definition) is 3. The largest absolute Gasteiger partial charge is 0.405 e. The fourth-order valence-corrected chi connectivity index (χ4v) is 2.60. The van der Waals surface area contributed by atoms with E-state index in [1.54, 1.807) is 5.32 Å². The van der Waals surface area contributed by atoms with Gasteiger partial charge in [0.05, 0.1) is 17.9 Å². The van der Waals surface area contributed by atoms with Gasteiger partial charge in [-0.05, 0) is 31.4 Å². The summed E-state index contributed by atoms with van der Waals surface area (Å²) in [5.74, 6) is -0.715. The van der Waals surface area contributed by atoms with Crippen molar-refractivity contribution in [3.8, 4) is 0 Å². The van der Waals surface area contributed by atoms with E-state index in [0.29, 0.717) is 0 Å². The smallest absolute Gasteiger partial charge is 0.374 e. The maximum Gasteiger partial charge on any atom is 0.405 e. The Hall–Kier alpha value is -2.45. The van der Waals surface area contributed by atoms with Crippen LogP contribution >= 0.6 is 0 Å². The molecule has 0 aliphatic carbocycles. The molecule has 0 bridgehead atoms. The normalized spacial score (nSPS) is 14.8. The summed E-state index contributed by atoms with van der Waals surface area (Å²) in [7, 11) is 0. The van der Waals surface area contributed by atoms with Crippen LogP contribution in [0.2, 0.25) is 0 Å². The summed E-state index contributed by atoms with van der Waals surface area (Å²) in [4.78, 5) is 25.2. The highest BCUT2D eigenvalue weighted by molar-refractivity contribution is 5.96. The second-order valence-corrected chi connectivity index (χ2v) is 5.76. The quantitative estimate of drug-likeness (QED) is 0.756. The molecule has 1 aliphatic heterocycles. The maximum atomic E-state index is 12.0. The Morgan fingerprint density at radius 1 is 1.08 bits per heavy atom. The average molecular weight is 358 g/mol. The molecule has 1 heterocycles. The van der Waals surface area contributed by atoms with Crippen LogP contribution in [0.15, 0.2) is 24.3 Å². The number of nitrogens with zero attached hydrogens (tertiary/aromatic N) is 1. The van der Waals surface area contributed by atoms with Crippen LogP contribution in [0.5, 0.6) is 0 Å². The Morgan fingerprint density at radius 3 is 2.44 bits per heavy atom. The van der Waals surface area contributed by atoms with Gasteiger partial charge in [-0.1, -0.05) is 12.1 Å². The number of hydrogen-bond acceptors (Lipinski definition) is 4. The number of nitrogens with one attached hydrogen (secondary N) is 3. The molecule has 138 valence electrons. The Morgan fingerprint density at radius 2 is 1.76 bits per heavy atom. The predicted octanol–water partition coefficient (Wildman–Crippen LogP) is 2.48. The number of piperidine rings is 1. The first-order chi connectivity index (χ1) is 11.8. The number of urea groups is 1. The van der Waals surface area contributed by atoms with Crippen LogP contribution < -0.4 is 20.9 Å². The lowest BCUT2D eigenvalue weighted by atomic mass is 10.1. The van der Waals surface area contributed by atoms with Gasteiger partial charge in [0.15, 0.2) is 0 Å². The second-order valence-electron chi connectivity index (χ2n) is 5.76. The number of alkyl halides is 3. The van der Waals surface area contributed by atoms with Crippen molar-refractivity contribution in [2.45, 2.75) is 25.4 Å². The molecule has 25 heavy (non-hydrogen) atoms. The van der Waals surface area contributed by atoms with E-state index in [2.05, 4.69) is 10.2 Å². The lowest BCUT2D eigenvalue weighted by Crippen LogP contribution is -2.45. The molecule has 0 spiro atoms. The van der Waals surface area contributed by atoms with E-state index in [1.165, 1.54) is 6.42 Å². The van der Waals surface area contributed by atoms with E-state index in [-0.39, 0.29) is 6.54 Å². The summed E-state index contributed by atoms with van der Waals surface area (Å²) in [6.45, 7) is 0.164. The highest BCUT2D eigenvalue weighted by Gasteiger charge is 2.28. The van der Waals surface area contributed by atoms with Crippen LogP contribution in [0.3, 0.4) is 0 Å². The Balaban J connectivity index is 1.84. The minimum atomic E-state index is -4.52. The molecule has 3 amide bonds. The average Bonchev–Trinajstić information content (AvgIpc) is 2.59. The monoisotopic (exact) mass is 358 g/mol. The number of benzene rings is 1. The molecule has 0 saturated carbocycles. The SMILES string of the molecule is O=C(CNc1ccccc1N1CCCCC1)NC(=O)NCC(F)(F)F. The number of rotatable bonds is 5. The number of anilines is 2. The zero-order valence-electron chi connectivity index (χ0n) is 13.7. The highest BCUT2D eigenvalue weighted by atomic mass is 19.4. The summed E-state index contributed by atoms with van der Waals surface area (Å²) in [6.07, 6.45) is -1.12.